The van der Waals surface area contributed by atoms with E-state index in [-0.39, 0.29) is 10.6 Å². The molecule has 0 saturated heterocycles. The van der Waals surface area contributed by atoms with Crippen LogP contribution in [0.25, 0.3) is 0 Å². The molecule has 0 amide bonds. The summed E-state index contributed by atoms with van der Waals surface area (Å²) in [6.07, 6.45) is 1.60. The van der Waals surface area contributed by atoms with Crippen LogP contribution in [-0.2, 0) is 10.0 Å². The highest BCUT2D eigenvalue weighted by Crippen LogP contribution is 2.29. The maximum absolute atomic E-state index is 12.6. The highest BCUT2D eigenvalue weighted by Gasteiger charge is 2.20. The van der Waals surface area contributed by atoms with Crippen molar-refractivity contribution >= 4 is 27.3 Å². The first kappa shape index (κ1) is 17.2. The number of hydrogen-bond acceptors (Lipinski definition) is 4. The Morgan fingerprint density at radius 3 is 2.74 bits per heavy atom. The van der Waals surface area contributed by atoms with Crippen LogP contribution in [0.3, 0.4) is 0 Å². The van der Waals surface area contributed by atoms with Crippen molar-refractivity contribution in [1.29, 1.82) is 0 Å². The molecule has 2 aromatic rings. The first-order valence-electron chi connectivity index (χ1n) is 6.66. The Hall–Kier alpha value is -2.18. The molecule has 0 radical (unpaired) electrons. The summed E-state index contributed by atoms with van der Waals surface area (Å²) in [6, 6.07) is 11.0. The van der Waals surface area contributed by atoms with Crippen molar-refractivity contribution in [3.8, 4) is 11.5 Å². The molecule has 0 spiro atoms. The average Bonchev–Trinajstić information content (AvgIpc) is 2.53. The van der Waals surface area contributed by atoms with Crippen LogP contribution in [0.1, 0.15) is 0 Å². The second-order valence-electron chi connectivity index (χ2n) is 4.53. The van der Waals surface area contributed by atoms with Crippen molar-refractivity contribution in [3.63, 3.8) is 0 Å². The molecule has 1 N–H and O–H groups in total. The van der Waals surface area contributed by atoms with Gasteiger partial charge in [0, 0.05) is 11.1 Å². The van der Waals surface area contributed by atoms with Gasteiger partial charge in [0.1, 0.15) is 23.0 Å². The SMILES string of the molecule is C=CCOc1cccc(NS(=O)(=O)c2cc(Cl)ccc2OC)c1. The van der Waals surface area contributed by atoms with Gasteiger partial charge >= 0.3 is 0 Å². The molecule has 0 aliphatic rings. The molecule has 0 aliphatic heterocycles. The van der Waals surface area contributed by atoms with Gasteiger partial charge in [-0.05, 0) is 30.3 Å². The second kappa shape index (κ2) is 7.39. The van der Waals surface area contributed by atoms with E-state index in [4.69, 9.17) is 21.1 Å². The quantitative estimate of drug-likeness (QED) is 0.770. The lowest BCUT2D eigenvalue weighted by molar-refractivity contribution is 0.363. The first-order chi connectivity index (χ1) is 11.0. The van der Waals surface area contributed by atoms with Crippen LogP contribution in [0.5, 0.6) is 11.5 Å². The summed E-state index contributed by atoms with van der Waals surface area (Å²) in [7, 11) is -2.46. The normalized spacial score (nSPS) is 10.9. The van der Waals surface area contributed by atoms with E-state index in [0.29, 0.717) is 23.1 Å². The molecule has 0 heterocycles. The predicted octanol–water partition coefficient (Wildman–Crippen LogP) is 3.71. The highest BCUT2D eigenvalue weighted by atomic mass is 35.5. The van der Waals surface area contributed by atoms with Crippen molar-refractivity contribution in [1.82, 2.24) is 0 Å². The number of methoxy groups -OCH3 is 1. The van der Waals surface area contributed by atoms with Crippen LogP contribution in [0.15, 0.2) is 60.0 Å². The molecule has 0 aliphatic carbocycles. The summed E-state index contributed by atoms with van der Waals surface area (Å²) < 4.78 is 38.1. The third-order valence-electron chi connectivity index (χ3n) is 2.87. The Labute approximate surface area is 140 Å². The zero-order valence-electron chi connectivity index (χ0n) is 12.5. The summed E-state index contributed by atoms with van der Waals surface area (Å²) in [5, 5.41) is 0.300. The average molecular weight is 354 g/mol. The van der Waals surface area contributed by atoms with Gasteiger partial charge in [-0.15, -0.1) is 0 Å². The Bertz CT molecular complexity index is 805. The zero-order chi connectivity index (χ0) is 16.9. The maximum Gasteiger partial charge on any atom is 0.265 e. The van der Waals surface area contributed by atoms with Crippen LogP contribution in [0, 0.1) is 0 Å². The number of nitrogens with one attached hydrogen (secondary N) is 1. The van der Waals surface area contributed by atoms with Crippen LogP contribution < -0.4 is 14.2 Å². The fourth-order valence-electron chi connectivity index (χ4n) is 1.88. The number of ether oxygens (including phenoxy) is 2. The van der Waals surface area contributed by atoms with Crippen molar-refractivity contribution in [2.75, 3.05) is 18.4 Å². The number of hydrogen-bond donors (Lipinski definition) is 1. The van der Waals surface area contributed by atoms with E-state index in [1.54, 1.807) is 36.4 Å². The lowest BCUT2D eigenvalue weighted by Crippen LogP contribution is -2.14. The molecule has 2 aromatic carbocycles. The molecule has 122 valence electrons. The fourth-order valence-corrected chi connectivity index (χ4v) is 3.36. The van der Waals surface area contributed by atoms with Gasteiger partial charge in [0.15, 0.2) is 0 Å². The van der Waals surface area contributed by atoms with Gasteiger partial charge in [0.25, 0.3) is 10.0 Å². The Morgan fingerprint density at radius 2 is 2.04 bits per heavy atom. The van der Waals surface area contributed by atoms with E-state index in [0.717, 1.165) is 0 Å². The Morgan fingerprint density at radius 1 is 1.26 bits per heavy atom. The molecule has 23 heavy (non-hydrogen) atoms. The lowest BCUT2D eigenvalue weighted by atomic mass is 10.3. The predicted molar refractivity (Wildman–Crippen MR) is 90.9 cm³/mol. The second-order valence-corrected chi connectivity index (χ2v) is 6.62. The first-order valence-corrected chi connectivity index (χ1v) is 8.52. The van der Waals surface area contributed by atoms with Crippen molar-refractivity contribution < 1.29 is 17.9 Å². The van der Waals surface area contributed by atoms with Gasteiger partial charge in [-0.2, -0.15) is 0 Å². The summed E-state index contributed by atoms with van der Waals surface area (Å²) in [6.45, 7) is 3.89. The molecular formula is C16H16ClNO4S. The molecule has 0 bridgehead atoms. The van der Waals surface area contributed by atoms with E-state index in [9.17, 15) is 8.42 Å². The molecule has 0 atom stereocenters. The van der Waals surface area contributed by atoms with E-state index in [1.165, 1.54) is 19.2 Å². The highest BCUT2D eigenvalue weighted by molar-refractivity contribution is 7.92. The van der Waals surface area contributed by atoms with Crippen LogP contribution in [-0.4, -0.2) is 22.1 Å². The van der Waals surface area contributed by atoms with Crippen molar-refractivity contribution in [2.45, 2.75) is 4.90 Å². The monoisotopic (exact) mass is 353 g/mol. The smallest absolute Gasteiger partial charge is 0.265 e. The molecule has 7 heteroatoms. The molecular weight excluding hydrogens is 338 g/mol. The number of sulfonamides is 1. The summed E-state index contributed by atoms with van der Waals surface area (Å²) >= 11 is 5.89. The minimum absolute atomic E-state index is 0.0371. The third-order valence-corrected chi connectivity index (χ3v) is 4.51. The summed E-state index contributed by atoms with van der Waals surface area (Å²) in [5.41, 5.74) is 0.369. The standard InChI is InChI=1S/C16H16ClNO4S/c1-3-9-22-14-6-4-5-13(11-14)18-23(19,20)16-10-12(17)7-8-15(16)21-2/h3-8,10-11,18H,1,9H2,2H3. The van der Waals surface area contributed by atoms with E-state index in [1.807, 2.05) is 0 Å². The van der Waals surface area contributed by atoms with Gasteiger partial charge in [-0.1, -0.05) is 30.3 Å². The largest absolute Gasteiger partial charge is 0.495 e. The van der Waals surface area contributed by atoms with E-state index in [2.05, 4.69) is 11.3 Å². The molecule has 5 nitrogen and oxygen atoms in total. The summed E-state index contributed by atoms with van der Waals surface area (Å²) in [5.74, 6) is 0.740. The molecule has 0 aromatic heterocycles. The number of halogens is 1. The van der Waals surface area contributed by atoms with E-state index >= 15 is 0 Å². The van der Waals surface area contributed by atoms with Crippen molar-refractivity contribution in [3.05, 3.63) is 60.1 Å². The molecule has 0 saturated carbocycles. The lowest BCUT2D eigenvalue weighted by Gasteiger charge is -2.12. The van der Waals surface area contributed by atoms with Gasteiger partial charge in [-0.25, -0.2) is 8.42 Å². The number of rotatable bonds is 7. The molecule has 2 rings (SSSR count). The minimum atomic E-state index is -3.85. The maximum atomic E-state index is 12.6. The van der Waals surface area contributed by atoms with E-state index < -0.39 is 10.0 Å². The van der Waals surface area contributed by atoms with Gasteiger partial charge in [-0.3, -0.25) is 4.72 Å². The van der Waals surface area contributed by atoms with Crippen molar-refractivity contribution in [2.24, 2.45) is 0 Å². The topological polar surface area (TPSA) is 64.6 Å². The van der Waals surface area contributed by atoms with Crippen LogP contribution in [0.2, 0.25) is 5.02 Å². The summed E-state index contributed by atoms with van der Waals surface area (Å²) in [4.78, 5) is -0.0371. The number of benzene rings is 2. The number of anilines is 1. The third kappa shape index (κ3) is 4.40. The zero-order valence-corrected chi connectivity index (χ0v) is 14.0. The van der Waals surface area contributed by atoms with Gasteiger partial charge in [0.05, 0.1) is 12.8 Å². The minimum Gasteiger partial charge on any atom is -0.495 e. The van der Waals surface area contributed by atoms with Gasteiger partial charge < -0.3 is 9.47 Å². The fraction of sp³-hybridized carbons (Fsp3) is 0.125. The van der Waals surface area contributed by atoms with Gasteiger partial charge in [0.2, 0.25) is 0 Å². The molecule has 0 fully saturated rings. The Kier molecular flexibility index (Phi) is 5.52. The Balaban J connectivity index is 2.31. The van der Waals surface area contributed by atoms with Crippen LogP contribution in [0.4, 0.5) is 5.69 Å². The molecule has 0 unspecified atom stereocenters. The van der Waals surface area contributed by atoms with Crippen LogP contribution >= 0.6 is 11.6 Å².